The first-order chi connectivity index (χ1) is 13.3. The van der Waals surface area contributed by atoms with E-state index < -0.39 is 0 Å². The van der Waals surface area contributed by atoms with Crippen LogP contribution in [0.2, 0.25) is 0 Å². The molecule has 0 radical (unpaired) electrons. The van der Waals surface area contributed by atoms with Crippen LogP contribution in [0.15, 0.2) is 60.8 Å². The summed E-state index contributed by atoms with van der Waals surface area (Å²) in [6.07, 6.45) is 1.63. The van der Waals surface area contributed by atoms with Crippen molar-refractivity contribution in [2.24, 2.45) is 0 Å². The Balaban J connectivity index is 1.40. The SMILES string of the molecule is COc1ccc(Nc2cnnc(N3CCN(c4ccccc4)CC3)n2)cc1. The molecule has 0 unspecified atom stereocenters. The number of rotatable bonds is 5. The van der Waals surface area contributed by atoms with Crippen molar-refractivity contribution in [3.63, 3.8) is 0 Å². The molecule has 7 nitrogen and oxygen atoms in total. The van der Waals surface area contributed by atoms with E-state index in [1.807, 2.05) is 30.3 Å². The third-order valence-corrected chi connectivity index (χ3v) is 4.59. The maximum absolute atomic E-state index is 5.18. The van der Waals surface area contributed by atoms with Gasteiger partial charge < -0.3 is 19.9 Å². The zero-order chi connectivity index (χ0) is 18.5. The van der Waals surface area contributed by atoms with Crippen LogP contribution in [0.3, 0.4) is 0 Å². The fourth-order valence-corrected chi connectivity index (χ4v) is 3.11. The molecule has 1 aliphatic rings. The molecule has 1 N–H and O–H groups in total. The van der Waals surface area contributed by atoms with Gasteiger partial charge in [0.25, 0.3) is 0 Å². The Morgan fingerprint density at radius 1 is 0.889 bits per heavy atom. The highest BCUT2D eigenvalue weighted by Crippen LogP contribution is 2.21. The number of benzene rings is 2. The minimum atomic E-state index is 0.654. The lowest BCUT2D eigenvalue weighted by atomic mass is 10.2. The second-order valence-corrected chi connectivity index (χ2v) is 6.30. The molecule has 2 aromatic carbocycles. The van der Waals surface area contributed by atoms with Crippen LogP contribution in [0.1, 0.15) is 0 Å². The van der Waals surface area contributed by atoms with Crippen molar-refractivity contribution in [1.29, 1.82) is 0 Å². The summed E-state index contributed by atoms with van der Waals surface area (Å²) >= 11 is 0. The molecule has 138 valence electrons. The Kier molecular flexibility index (Phi) is 5.00. The molecule has 0 amide bonds. The van der Waals surface area contributed by atoms with Crippen LogP contribution < -0.4 is 19.9 Å². The van der Waals surface area contributed by atoms with Crippen molar-refractivity contribution in [2.75, 3.05) is 48.4 Å². The van der Waals surface area contributed by atoms with Gasteiger partial charge in [-0.2, -0.15) is 10.1 Å². The number of ether oxygens (including phenoxy) is 1. The molecule has 2 heterocycles. The molecule has 0 bridgehead atoms. The molecule has 1 fully saturated rings. The molecule has 4 rings (SSSR count). The third-order valence-electron chi connectivity index (χ3n) is 4.59. The molecule has 0 atom stereocenters. The number of methoxy groups -OCH3 is 1. The lowest BCUT2D eigenvalue weighted by Crippen LogP contribution is -2.47. The minimum Gasteiger partial charge on any atom is -0.497 e. The van der Waals surface area contributed by atoms with Gasteiger partial charge in [-0.1, -0.05) is 18.2 Å². The Hall–Kier alpha value is -3.35. The normalized spacial score (nSPS) is 14.1. The number of nitrogens with zero attached hydrogens (tertiary/aromatic N) is 5. The number of anilines is 4. The van der Waals surface area contributed by atoms with Gasteiger partial charge in [0, 0.05) is 37.6 Å². The molecule has 0 aliphatic carbocycles. The lowest BCUT2D eigenvalue weighted by molar-refractivity contribution is 0.415. The van der Waals surface area contributed by atoms with Gasteiger partial charge in [-0.3, -0.25) is 0 Å². The first-order valence-electron chi connectivity index (χ1n) is 8.97. The van der Waals surface area contributed by atoms with E-state index in [-0.39, 0.29) is 0 Å². The molecule has 0 spiro atoms. The van der Waals surface area contributed by atoms with Crippen molar-refractivity contribution >= 4 is 23.1 Å². The van der Waals surface area contributed by atoms with E-state index in [4.69, 9.17) is 4.74 Å². The molecule has 3 aromatic rings. The Morgan fingerprint density at radius 3 is 2.30 bits per heavy atom. The van der Waals surface area contributed by atoms with E-state index in [2.05, 4.69) is 54.6 Å². The first-order valence-corrected chi connectivity index (χ1v) is 8.97. The minimum absolute atomic E-state index is 0.654. The van der Waals surface area contributed by atoms with Crippen LogP contribution in [0, 0.1) is 0 Å². The maximum Gasteiger partial charge on any atom is 0.247 e. The van der Waals surface area contributed by atoms with Crippen molar-refractivity contribution in [2.45, 2.75) is 0 Å². The first kappa shape index (κ1) is 17.1. The summed E-state index contributed by atoms with van der Waals surface area (Å²) in [6, 6.07) is 18.2. The maximum atomic E-state index is 5.18. The zero-order valence-corrected chi connectivity index (χ0v) is 15.2. The van der Waals surface area contributed by atoms with Gasteiger partial charge in [-0.05, 0) is 36.4 Å². The van der Waals surface area contributed by atoms with E-state index in [9.17, 15) is 0 Å². The van der Waals surface area contributed by atoms with Gasteiger partial charge in [0.05, 0.1) is 13.3 Å². The summed E-state index contributed by atoms with van der Waals surface area (Å²) < 4.78 is 5.18. The predicted octanol–water partition coefficient (Wildman–Crippen LogP) is 2.95. The van der Waals surface area contributed by atoms with E-state index in [0.717, 1.165) is 37.6 Å². The molecule has 1 aliphatic heterocycles. The number of hydrogen-bond acceptors (Lipinski definition) is 7. The average Bonchev–Trinajstić information content (AvgIpc) is 2.75. The molecular formula is C20H22N6O. The van der Waals surface area contributed by atoms with Crippen molar-refractivity contribution in [3.05, 3.63) is 60.8 Å². The largest absolute Gasteiger partial charge is 0.497 e. The third kappa shape index (κ3) is 4.08. The van der Waals surface area contributed by atoms with Gasteiger partial charge in [-0.15, -0.1) is 5.10 Å². The van der Waals surface area contributed by atoms with Crippen LogP contribution in [-0.4, -0.2) is 48.5 Å². The average molecular weight is 362 g/mol. The van der Waals surface area contributed by atoms with Crippen LogP contribution in [0.25, 0.3) is 0 Å². The van der Waals surface area contributed by atoms with E-state index in [1.54, 1.807) is 13.3 Å². The fourth-order valence-electron chi connectivity index (χ4n) is 3.11. The fraction of sp³-hybridized carbons (Fsp3) is 0.250. The van der Waals surface area contributed by atoms with Crippen LogP contribution in [-0.2, 0) is 0 Å². The summed E-state index contributed by atoms with van der Waals surface area (Å²) in [7, 11) is 1.65. The van der Waals surface area contributed by atoms with E-state index in [1.165, 1.54) is 5.69 Å². The zero-order valence-electron chi connectivity index (χ0n) is 15.2. The molecule has 1 saturated heterocycles. The molecule has 1 aromatic heterocycles. The van der Waals surface area contributed by atoms with Crippen LogP contribution >= 0.6 is 0 Å². The van der Waals surface area contributed by atoms with Gasteiger partial charge in [0.1, 0.15) is 5.75 Å². The Morgan fingerprint density at radius 2 is 1.59 bits per heavy atom. The molecular weight excluding hydrogens is 340 g/mol. The number of hydrogen-bond donors (Lipinski definition) is 1. The summed E-state index contributed by atoms with van der Waals surface area (Å²) in [5.74, 6) is 2.15. The van der Waals surface area contributed by atoms with Crippen LogP contribution in [0.5, 0.6) is 5.75 Å². The second kappa shape index (κ2) is 7.90. The summed E-state index contributed by atoms with van der Waals surface area (Å²) in [6.45, 7) is 3.60. The van der Waals surface area contributed by atoms with Gasteiger partial charge >= 0.3 is 0 Å². The van der Waals surface area contributed by atoms with E-state index >= 15 is 0 Å². The highest BCUT2D eigenvalue weighted by atomic mass is 16.5. The monoisotopic (exact) mass is 362 g/mol. The number of para-hydroxylation sites is 1. The number of aromatic nitrogens is 3. The highest BCUT2D eigenvalue weighted by Gasteiger charge is 2.19. The summed E-state index contributed by atoms with van der Waals surface area (Å²) in [5, 5.41) is 11.6. The summed E-state index contributed by atoms with van der Waals surface area (Å²) in [5.41, 5.74) is 2.18. The summed E-state index contributed by atoms with van der Waals surface area (Å²) in [4.78, 5) is 9.17. The molecule has 7 heteroatoms. The van der Waals surface area contributed by atoms with E-state index in [0.29, 0.717) is 11.8 Å². The lowest BCUT2D eigenvalue weighted by Gasteiger charge is -2.35. The molecule has 27 heavy (non-hydrogen) atoms. The number of nitrogens with one attached hydrogen (secondary N) is 1. The topological polar surface area (TPSA) is 66.4 Å². The van der Waals surface area contributed by atoms with Crippen LogP contribution in [0.4, 0.5) is 23.1 Å². The standard InChI is InChI=1S/C20H22N6O/c1-27-18-9-7-16(8-10-18)22-19-15-21-24-20(23-19)26-13-11-25(12-14-26)17-5-3-2-4-6-17/h2-10,15H,11-14H2,1H3,(H,22,23,24). The Bertz CT molecular complexity index is 863. The van der Waals surface area contributed by atoms with Crippen molar-refractivity contribution < 1.29 is 4.74 Å². The highest BCUT2D eigenvalue weighted by molar-refractivity contribution is 5.57. The Labute approximate surface area is 158 Å². The van der Waals surface area contributed by atoms with Crippen molar-refractivity contribution in [3.8, 4) is 5.75 Å². The predicted molar refractivity (Wildman–Crippen MR) is 107 cm³/mol. The number of piperazine rings is 1. The van der Waals surface area contributed by atoms with Gasteiger partial charge in [0.2, 0.25) is 5.95 Å². The molecule has 0 saturated carbocycles. The smallest absolute Gasteiger partial charge is 0.247 e. The van der Waals surface area contributed by atoms with Gasteiger partial charge in [0.15, 0.2) is 5.82 Å². The van der Waals surface area contributed by atoms with Crippen molar-refractivity contribution in [1.82, 2.24) is 15.2 Å². The second-order valence-electron chi connectivity index (χ2n) is 6.30. The quantitative estimate of drug-likeness (QED) is 0.748. The van der Waals surface area contributed by atoms with Gasteiger partial charge in [-0.25, -0.2) is 0 Å².